The highest BCUT2D eigenvalue weighted by atomic mass is 32.2. The van der Waals surface area contributed by atoms with E-state index in [0.717, 1.165) is 0 Å². The summed E-state index contributed by atoms with van der Waals surface area (Å²) < 4.78 is 179. The Morgan fingerprint density at radius 2 is 0.727 bits per heavy atom. The molecule has 2 nitrogen and oxygen atoms in total. The van der Waals surface area contributed by atoms with Crippen LogP contribution in [0.15, 0.2) is 0 Å². The Morgan fingerprint density at radius 3 is 0.955 bits per heavy atom. The van der Waals surface area contributed by atoms with Crippen molar-refractivity contribution in [3.05, 3.63) is 0 Å². The van der Waals surface area contributed by atoms with Gasteiger partial charge in [-0.3, -0.25) is 0 Å². The van der Waals surface area contributed by atoms with Gasteiger partial charge in [-0.2, -0.15) is 57.1 Å². The Bertz CT molecular complexity index is 493. The van der Waals surface area contributed by atoms with Crippen molar-refractivity contribution >= 4 is 10.7 Å². The number of alkyl halides is 13. The normalized spacial score (nSPS) is 16.3. The highest BCUT2D eigenvalue weighted by Crippen LogP contribution is 2.60. The van der Waals surface area contributed by atoms with E-state index in [2.05, 4.69) is 0 Å². The van der Waals surface area contributed by atoms with E-state index < -0.39 is 45.8 Å². The third kappa shape index (κ3) is 2.47. The molecule has 0 spiro atoms. The number of hydrogen-bond acceptors (Lipinski definition) is 2. The molecule has 0 amide bonds. The maximum atomic E-state index is 12.6. The second-order valence-corrected chi connectivity index (χ2v) is 4.67. The lowest BCUT2D eigenvalue weighted by molar-refractivity contribution is -0.433. The molecule has 0 N–H and O–H groups in total. The van der Waals surface area contributed by atoms with Gasteiger partial charge in [0.05, 0.1) is 0 Å². The number of thiol groups is 1. The van der Waals surface area contributed by atoms with E-state index >= 15 is 0 Å². The highest BCUT2D eigenvalue weighted by Gasteiger charge is 2.91. The zero-order chi connectivity index (χ0) is 18.6. The lowest BCUT2D eigenvalue weighted by Crippen LogP contribution is -2.70. The Balaban J connectivity index is 6.35. The second kappa shape index (κ2) is 5.02. The van der Waals surface area contributed by atoms with Crippen LogP contribution in [0.3, 0.4) is 0 Å². The van der Waals surface area contributed by atoms with Gasteiger partial charge in [-0.15, -0.1) is 0 Å². The molecular weight excluding hydrogens is 383 g/mol. The van der Waals surface area contributed by atoms with Crippen LogP contribution in [0.1, 0.15) is 0 Å². The summed E-state index contributed by atoms with van der Waals surface area (Å²) in [5, 5.41) is -7.03. The van der Waals surface area contributed by atoms with Gasteiger partial charge in [0.1, 0.15) is 0 Å². The smallest absolute Gasteiger partial charge is 0.225 e. The van der Waals surface area contributed by atoms with Gasteiger partial charge in [0.2, 0.25) is 10.7 Å². The molecule has 0 aromatic carbocycles. The summed E-state index contributed by atoms with van der Waals surface area (Å²) in [6.45, 7) is 0. The predicted octanol–water partition coefficient (Wildman–Crippen LogP) is 3.29. The Morgan fingerprint density at radius 1 is 0.455 bits per heavy atom. The van der Waals surface area contributed by atoms with Crippen molar-refractivity contribution in [1.29, 1.82) is 0 Å². The van der Waals surface area contributed by atoms with Gasteiger partial charge in [0.25, 0.3) is 0 Å². The molecule has 0 saturated carbocycles. The number of rotatable bonds is 5. The maximum Gasteiger partial charge on any atom is 0.460 e. The first-order valence-corrected chi connectivity index (χ1v) is 5.47. The van der Waals surface area contributed by atoms with Gasteiger partial charge in [0, 0.05) is 0 Å². The van der Waals surface area contributed by atoms with Crippen LogP contribution in [0.4, 0.5) is 57.1 Å². The van der Waals surface area contributed by atoms with Crippen LogP contribution in [0.5, 0.6) is 0 Å². The summed E-state index contributed by atoms with van der Waals surface area (Å²) in [7, 11) is -5.93. The van der Waals surface area contributed by atoms with E-state index in [0.29, 0.717) is 0 Å². The minimum atomic E-state index is -8.09. The molecule has 0 aliphatic carbocycles. The Hall–Kier alpha value is -0.960. The van der Waals surface area contributed by atoms with E-state index in [1.54, 1.807) is 0 Å². The van der Waals surface area contributed by atoms with Crippen LogP contribution in [-0.4, -0.2) is 43.5 Å². The molecule has 16 heteroatoms. The van der Waals surface area contributed by atoms with Crippen molar-refractivity contribution in [2.24, 2.45) is 0 Å². The SMILES string of the molecule is O=[SH](=O)C(F)(F)C(F)(F)C(F)(F)C(F)(F)C(F)(F)C(F)(F)F. The minimum absolute atomic E-state index is 5.93. The summed E-state index contributed by atoms with van der Waals surface area (Å²) in [6.07, 6.45) is -7.52. The quantitative estimate of drug-likeness (QED) is 0.583. The molecule has 0 atom stereocenters. The van der Waals surface area contributed by atoms with Crippen molar-refractivity contribution in [3.8, 4) is 0 Å². The average Bonchev–Trinajstić information content (AvgIpc) is 2.25. The molecule has 22 heavy (non-hydrogen) atoms. The summed E-state index contributed by atoms with van der Waals surface area (Å²) >= 11 is 0. The van der Waals surface area contributed by atoms with Crippen LogP contribution < -0.4 is 0 Å². The first-order chi connectivity index (χ1) is 9.19. The lowest BCUT2D eigenvalue weighted by atomic mass is 9.98. The van der Waals surface area contributed by atoms with Crippen molar-refractivity contribution in [2.45, 2.75) is 35.1 Å². The molecule has 0 heterocycles. The molecule has 0 bridgehead atoms. The molecule has 0 aromatic rings. The summed E-state index contributed by atoms with van der Waals surface area (Å²) in [5.41, 5.74) is 0. The standard InChI is InChI=1S/C6HF13O2S/c7-1(8,3(11,12)5(15,16)17)2(9,10)4(13,14)6(18,19)22(20)21/h22H. The van der Waals surface area contributed by atoms with Gasteiger partial charge < -0.3 is 0 Å². The van der Waals surface area contributed by atoms with Crippen LogP contribution in [0.2, 0.25) is 0 Å². The van der Waals surface area contributed by atoms with Gasteiger partial charge in [-0.1, -0.05) is 0 Å². The molecule has 0 unspecified atom stereocenters. The van der Waals surface area contributed by atoms with Gasteiger partial charge in [-0.05, 0) is 0 Å². The minimum Gasteiger partial charge on any atom is -0.225 e. The average molecular weight is 384 g/mol. The predicted molar refractivity (Wildman–Crippen MR) is 41.1 cm³/mol. The fourth-order valence-electron chi connectivity index (χ4n) is 0.876. The first-order valence-electron chi connectivity index (χ1n) is 4.30. The molecular formula is C6HF13O2S. The molecule has 134 valence electrons. The Kier molecular flexibility index (Phi) is 4.80. The van der Waals surface area contributed by atoms with Gasteiger partial charge in [-0.25, -0.2) is 8.42 Å². The summed E-state index contributed by atoms with van der Waals surface area (Å²) in [6, 6.07) is 0. The van der Waals surface area contributed by atoms with E-state index in [-0.39, 0.29) is 0 Å². The number of hydrogen-bond donors (Lipinski definition) is 1. The Labute approximate surface area is 112 Å². The van der Waals surface area contributed by atoms with Crippen LogP contribution >= 0.6 is 0 Å². The molecule has 0 aromatic heterocycles. The summed E-state index contributed by atoms with van der Waals surface area (Å²) in [4.78, 5) is 0. The monoisotopic (exact) mass is 384 g/mol. The molecule has 0 saturated heterocycles. The molecule has 0 rings (SSSR count). The molecule has 0 fully saturated rings. The van der Waals surface area contributed by atoms with Crippen molar-refractivity contribution in [3.63, 3.8) is 0 Å². The van der Waals surface area contributed by atoms with Crippen molar-refractivity contribution in [2.75, 3.05) is 0 Å². The van der Waals surface area contributed by atoms with Crippen LogP contribution in [0.25, 0.3) is 0 Å². The van der Waals surface area contributed by atoms with Gasteiger partial charge in [0.15, 0.2) is 0 Å². The van der Waals surface area contributed by atoms with E-state index in [9.17, 15) is 65.5 Å². The van der Waals surface area contributed by atoms with E-state index in [1.165, 1.54) is 0 Å². The largest absolute Gasteiger partial charge is 0.460 e. The fourth-order valence-corrected chi connectivity index (χ4v) is 1.25. The third-order valence-electron chi connectivity index (χ3n) is 2.15. The number of halogens is 13. The third-order valence-corrected chi connectivity index (χ3v) is 2.89. The first kappa shape index (κ1) is 21.0. The highest BCUT2D eigenvalue weighted by molar-refractivity contribution is 7.73. The maximum absolute atomic E-state index is 12.6. The molecule has 0 radical (unpaired) electrons. The fraction of sp³-hybridized carbons (Fsp3) is 1.00. The topological polar surface area (TPSA) is 34.1 Å². The zero-order valence-electron chi connectivity index (χ0n) is 9.18. The van der Waals surface area contributed by atoms with Crippen LogP contribution in [0, 0.1) is 0 Å². The van der Waals surface area contributed by atoms with E-state index in [1.807, 2.05) is 0 Å². The zero-order valence-corrected chi connectivity index (χ0v) is 10.1. The summed E-state index contributed by atoms with van der Waals surface area (Å²) in [5.74, 6) is -31.8. The molecule has 0 aliphatic rings. The van der Waals surface area contributed by atoms with E-state index in [4.69, 9.17) is 0 Å². The van der Waals surface area contributed by atoms with Crippen molar-refractivity contribution in [1.82, 2.24) is 0 Å². The second-order valence-electron chi connectivity index (χ2n) is 3.59. The van der Waals surface area contributed by atoms with Crippen molar-refractivity contribution < 1.29 is 65.5 Å². The van der Waals surface area contributed by atoms with Crippen LogP contribution in [-0.2, 0) is 10.7 Å². The molecule has 0 aliphatic heterocycles. The van der Waals surface area contributed by atoms with Gasteiger partial charge >= 0.3 is 35.1 Å². The lowest BCUT2D eigenvalue weighted by Gasteiger charge is -2.38.